The van der Waals surface area contributed by atoms with E-state index in [1.165, 1.54) is 0 Å². The van der Waals surface area contributed by atoms with E-state index in [2.05, 4.69) is 22.2 Å². The maximum Gasteiger partial charge on any atom is 0.336 e. The van der Waals surface area contributed by atoms with Gasteiger partial charge in [0.05, 0.1) is 13.2 Å². The average molecular weight is 234 g/mol. The Morgan fingerprint density at radius 3 is 2.62 bits per heavy atom. The molecule has 0 aromatic carbocycles. The van der Waals surface area contributed by atoms with Crippen molar-refractivity contribution in [1.82, 2.24) is 0 Å². The Labute approximate surface area is 93.7 Å². The molecule has 0 fully saturated rings. The fraction of sp³-hybridized carbons (Fsp3) is 0.889. The Bertz CT molecular complexity index is 222. The van der Waals surface area contributed by atoms with E-state index in [1.54, 1.807) is 0 Å². The highest BCUT2D eigenvalue weighted by Crippen LogP contribution is 2.01. The maximum atomic E-state index is 10.4. The zero-order chi connectivity index (χ0) is 12.4. The van der Waals surface area contributed by atoms with Gasteiger partial charge in [0.1, 0.15) is 0 Å². The fourth-order valence-corrected chi connectivity index (χ4v) is 0.917. The number of aliphatic carboxylic acids is 1. The first-order valence-electron chi connectivity index (χ1n) is 5.17. The van der Waals surface area contributed by atoms with E-state index < -0.39 is 24.8 Å². The van der Waals surface area contributed by atoms with Crippen LogP contribution in [-0.4, -0.2) is 46.6 Å². The van der Waals surface area contributed by atoms with Gasteiger partial charge in [0.25, 0.3) is 0 Å². The first kappa shape index (κ1) is 14.8. The zero-order valence-electron chi connectivity index (χ0n) is 9.24. The molecule has 0 rings (SSSR count). The van der Waals surface area contributed by atoms with Gasteiger partial charge in [-0.1, -0.05) is 19.8 Å². The first-order valence-corrected chi connectivity index (χ1v) is 5.17. The smallest absolute Gasteiger partial charge is 0.336 e. The molecule has 2 atom stereocenters. The molecular formula is C9H18N2O5. The number of carboxylic acid groups (broad SMARTS) is 1. The number of hydrogen-bond acceptors (Lipinski definition) is 6. The van der Waals surface area contributed by atoms with Crippen LogP contribution in [0.4, 0.5) is 0 Å². The summed E-state index contributed by atoms with van der Waals surface area (Å²) in [5.41, 5.74) is 0. The van der Waals surface area contributed by atoms with Gasteiger partial charge in [-0.25, -0.2) is 4.79 Å². The number of aliphatic hydroxyl groups is 2. The van der Waals surface area contributed by atoms with Gasteiger partial charge in [-0.2, -0.15) is 5.11 Å². The lowest BCUT2D eigenvalue weighted by molar-refractivity contribution is -0.158. The molecule has 0 bridgehead atoms. The molecule has 0 radical (unpaired) electrons. The Balaban J connectivity index is 3.82. The van der Waals surface area contributed by atoms with E-state index in [0.29, 0.717) is 6.54 Å². The summed E-state index contributed by atoms with van der Waals surface area (Å²) in [6.07, 6.45) is -0.130. The lowest BCUT2D eigenvalue weighted by Crippen LogP contribution is -2.37. The number of aliphatic hydroxyl groups excluding tert-OH is 2. The number of nitrogens with zero attached hydrogens (tertiary/aromatic N) is 2. The highest BCUT2D eigenvalue weighted by Gasteiger charge is 2.27. The summed E-state index contributed by atoms with van der Waals surface area (Å²) in [5, 5.41) is 33.1. The molecule has 7 nitrogen and oxygen atoms in total. The van der Waals surface area contributed by atoms with E-state index >= 15 is 0 Å². The van der Waals surface area contributed by atoms with Gasteiger partial charge in [0.15, 0.2) is 12.2 Å². The standard InChI is InChI=1S/C9H18N2O5/c1-2-3-4-5-10-11-16-7(6-12)8(13)9(14)15/h7-8,12-13H,2-6H2,1H3,(H,14,15)/b11-10+. The third-order valence-corrected chi connectivity index (χ3v) is 1.89. The van der Waals surface area contributed by atoms with Crippen molar-refractivity contribution in [2.45, 2.75) is 38.4 Å². The highest BCUT2D eigenvalue weighted by atomic mass is 16.7. The van der Waals surface area contributed by atoms with Crippen LogP contribution in [0.25, 0.3) is 0 Å². The third-order valence-electron chi connectivity index (χ3n) is 1.89. The van der Waals surface area contributed by atoms with Crippen molar-refractivity contribution in [3.8, 4) is 0 Å². The van der Waals surface area contributed by atoms with E-state index in [9.17, 15) is 4.79 Å². The van der Waals surface area contributed by atoms with Crippen molar-refractivity contribution < 1.29 is 25.0 Å². The number of carbonyl (C=O) groups is 1. The molecule has 16 heavy (non-hydrogen) atoms. The molecule has 0 aliphatic rings. The van der Waals surface area contributed by atoms with Crippen LogP contribution in [0, 0.1) is 0 Å². The van der Waals surface area contributed by atoms with Gasteiger partial charge in [-0.3, -0.25) is 0 Å². The first-order chi connectivity index (χ1) is 7.63. The van der Waals surface area contributed by atoms with Gasteiger partial charge >= 0.3 is 5.97 Å². The quantitative estimate of drug-likeness (QED) is 0.303. The monoisotopic (exact) mass is 234 g/mol. The summed E-state index contributed by atoms with van der Waals surface area (Å²) in [4.78, 5) is 14.9. The molecule has 0 heterocycles. The summed E-state index contributed by atoms with van der Waals surface area (Å²) in [7, 11) is 0. The van der Waals surface area contributed by atoms with E-state index in [4.69, 9.17) is 15.3 Å². The van der Waals surface area contributed by atoms with Crippen LogP contribution in [-0.2, 0) is 9.63 Å². The molecule has 94 valence electrons. The molecule has 0 aliphatic heterocycles. The summed E-state index contributed by atoms with van der Waals surface area (Å²) in [5.74, 6) is -1.47. The van der Waals surface area contributed by atoms with Gasteiger partial charge < -0.3 is 20.2 Å². The Morgan fingerprint density at radius 2 is 2.12 bits per heavy atom. The minimum Gasteiger partial charge on any atom is -0.479 e. The number of rotatable bonds is 9. The fourth-order valence-electron chi connectivity index (χ4n) is 0.917. The van der Waals surface area contributed by atoms with Crippen LogP contribution in [0.1, 0.15) is 26.2 Å². The van der Waals surface area contributed by atoms with Gasteiger partial charge in [0, 0.05) is 5.28 Å². The predicted molar refractivity (Wildman–Crippen MR) is 54.8 cm³/mol. The highest BCUT2D eigenvalue weighted by molar-refractivity contribution is 5.72. The van der Waals surface area contributed by atoms with Gasteiger partial charge in [0.2, 0.25) is 0 Å². The van der Waals surface area contributed by atoms with E-state index in [1.807, 2.05) is 0 Å². The second-order valence-electron chi connectivity index (χ2n) is 3.26. The molecule has 3 N–H and O–H groups in total. The van der Waals surface area contributed by atoms with Crippen molar-refractivity contribution in [1.29, 1.82) is 0 Å². The number of unbranched alkanes of at least 4 members (excludes halogenated alkanes) is 2. The molecule has 0 spiro atoms. The minimum absolute atomic E-state index is 0.481. The summed E-state index contributed by atoms with van der Waals surface area (Å²) in [6.45, 7) is 1.90. The second-order valence-corrected chi connectivity index (χ2v) is 3.26. The van der Waals surface area contributed by atoms with Crippen LogP contribution in [0.5, 0.6) is 0 Å². The van der Waals surface area contributed by atoms with Gasteiger partial charge in [-0.15, -0.1) is 0 Å². The summed E-state index contributed by atoms with van der Waals surface area (Å²) in [6, 6.07) is 0. The van der Waals surface area contributed by atoms with Crippen LogP contribution >= 0.6 is 0 Å². The zero-order valence-corrected chi connectivity index (χ0v) is 9.24. The molecule has 0 saturated carbocycles. The SMILES string of the molecule is CCCCC/N=N/OC(CO)C(O)C(=O)O. The largest absolute Gasteiger partial charge is 0.479 e. The van der Waals surface area contributed by atoms with Crippen molar-refractivity contribution in [3.63, 3.8) is 0 Å². The van der Waals surface area contributed by atoms with Crippen molar-refractivity contribution in [2.24, 2.45) is 10.4 Å². The van der Waals surface area contributed by atoms with Crippen molar-refractivity contribution in [2.75, 3.05) is 13.2 Å². The molecule has 0 aromatic heterocycles. The molecule has 0 saturated heterocycles. The Hall–Kier alpha value is -1.21. The lowest BCUT2D eigenvalue weighted by atomic mass is 10.2. The molecule has 2 unspecified atom stereocenters. The molecular weight excluding hydrogens is 216 g/mol. The predicted octanol–water partition coefficient (Wildman–Crippen LogP) is 0.367. The Morgan fingerprint density at radius 1 is 1.44 bits per heavy atom. The van der Waals surface area contributed by atoms with Crippen LogP contribution in [0.3, 0.4) is 0 Å². The topological polar surface area (TPSA) is 112 Å². The van der Waals surface area contributed by atoms with Gasteiger partial charge in [-0.05, 0) is 6.42 Å². The van der Waals surface area contributed by atoms with Crippen LogP contribution in [0.2, 0.25) is 0 Å². The molecule has 0 amide bonds. The number of hydrogen-bond donors (Lipinski definition) is 3. The third kappa shape index (κ3) is 6.31. The average Bonchev–Trinajstić information content (AvgIpc) is 2.27. The number of carboxylic acids is 1. The maximum absolute atomic E-state index is 10.4. The van der Waals surface area contributed by atoms with Crippen molar-refractivity contribution >= 4 is 5.97 Å². The van der Waals surface area contributed by atoms with E-state index in [0.717, 1.165) is 19.3 Å². The Kier molecular flexibility index (Phi) is 8.36. The van der Waals surface area contributed by atoms with Crippen molar-refractivity contribution in [3.05, 3.63) is 0 Å². The second kappa shape index (κ2) is 9.05. The van der Waals surface area contributed by atoms with Crippen LogP contribution in [0.15, 0.2) is 10.4 Å². The summed E-state index contributed by atoms with van der Waals surface area (Å²) < 4.78 is 0. The summed E-state index contributed by atoms with van der Waals surface area (Å²) >= 11 is 0. The minimum atomic E-state index is -1.81. The molecule has 0 aliphatic carbocycles. The molecule has 0 aromatic rings. The lowest BCUT2D eigenvalue weighted by Gasteiger charge is -2.13. The van der Waals surface area contributed by atoms with E-state index in [-0.39, 0.29) is 0 Å². The van der Waals surface area contributed by atoms with Crippen LogP contribution < -0.4 is 0 Å². The normalized spacial score (nSPS) is 14.9. The molecule has 7 heteroatoms.